The zero-order valence-corrected chi connectivity index (χ0v) is 16.2. The van der Waals surface area contributed by atoms with Gasteiger partial charge < -0.3 is 4.74 Å². The molecule has 0 unspecified atom stereocenters. The fourth-order valence-corrected chi connectivity index (χ4v) is 4.05. The van der Waals surface area contributed by atoms with Crippen molar-refractivity contribution in [3.05, 3.63) is 82.8 Å². The molecule has 3 aromatic carbocycles. The molecule has 5 heteroatoms. The van der Waals surface area contributed by atoms with E-state index in [-0.39, 0.29) is 17.7 Å². The van der Waals surface area contributed by atoms with Gasteiger partial charge in [0.05, 0.1) is 18.1 Å². The van der Waals surface area contributed by atoms with Crippen LogP contribution < -0.4 is 4.74 Å². The average molecular weight is 389 g/mol. The topological polar surface area (TPSA) is 46.6 Å². The number of imide groups is 1. The van der Waals surface area contributed by atoms with E-state index in [1.165, 1.54) is 4.90 Å². The van der Waals surface area contributed by atoms with Crippen LogP contribution in [0, 0.1) is 0 Å². The van der Waals surface area contributed by atoms with Gasteiger partial charge in [-0.1, -0.05) is 54.6 Å². The van der Waals surface area contributed by atoms with Crippen molar-refractivity contribution in [1.29, 1.82) is 0 Å². The summed E-state index contributed by atoms with van der Waals surface area (Å²) in [6.45, 7) is 2.80. The van der Waals surface area contributed by atoms with Crippen molar-refractivity contribution >= 4 is 39.8 Å². The highest BCUT2D eigenvalue weighted by Gasteiger charge is 2.35. The molecule has 1 saturated heterocycles. The van der Waals surface area contributed by atoms with E-state index in [4.69, 9.17) is 4.74 Å². The minimum absolute atomic E-state index is 0.241. The lowest BCUT2D eigenvalue weighted by molar-refractivity contribution is -0.123. The summed E-state index contributed by atoms with van der Waals surface area (Å²) in [5.74, 6) is 0.528. The van der Waals surface area contributed by atoms with Crippen LogP contribution in [0.5, 0.6) is 5.75 Å². The first-order valence-electron chi connectivity index (χ1n) is 9.10. The number of hydrogen-bond donors (Lipinski definition) is 0. The molecule has 0 aliphatic carbocycles. The number of carbonyl (C=O) groups is 2. The van der Waals surface area contributed by atoms with Crippen molar-refractivity contribution in [1.82, 2.24) is 4.90 Å². The Kier molecular flexibility index (Phi) is 5.17. The molecule has 0 saturated carbocycles. The summed E-state index contributed by atoms with van der Waals surface area (Å²) in [6.07, 6.45) is 1.75. The van der Waals surface area contributed by atoms with Crippen molar-refractivity contribution < 1.29 is 14.3 Å². The van der Waals surface area contributed by atoms with E-state index >= 15 is 0 Å². The maximum atomic E-state index is 12.8. The van der Waals surface area contributed by atoms with Crippen LogP contribution in [0.3, 0.4) is 0 Å². The fourth-order valence-electron chi connectivity index (χ4n) is 3.22. The Morgan fingerprint density at radius 2 is 1.71 bits per heavy atom. The minimum Gasteiger partial charge on any atom is -0.494 e. The van der Waals surface area contributed by atoms with Gasteiger partial charge >= 0.3 is 0 Å². The molecule has 4 nitrogen and oxygen atoms in total. The number of thioether (sulfide) groups is 1. The van der Waals surface area contributed by atoms with Crippen molar-refractivity contribution in [3.63, 3.8) is 0 Å². The van der Waals surface area contributed by atoms with Gasteiger partial charge in [0.2, 0.25) is 0 Å². The zero-order chi connectivity index (χ0) is 19.5. The van der Waals surface area contributed by atoms with Crippen LogP contribution in [-0.4, -0.2) is 22.7 Å². The number of ether oxygens (including phenoxy) is 1. The molecular formula is C23H19NO3S. The van der Waals surface area contributed by atoms with E-state index < -0.39 is 0 Å². The lowest BCUT2D eigenvalue weighted by Gasteiger charge is -2.14. The number of nitrogens with zero attached hydrogens (tertiary/aromatic N) is 1. The Hall–Kier alpha value is -3.05. The summed E-state index contributed by atoms with van der Waals surface area (Å²) >= 11 is 0.983. The van der Waals surface area contributed by atoms with Crippen molar-refractivity contribution in [2.75, 3.05) is 6.61 Å². The molecule has 28 heavy (non-hydrogen) atoms. The quantitative estimate of drug-likeness (QED) is 0.543. The van der Waals surface area contributed by atoms with Gasteiger partial charge in [-0.25, -0.2) is 0 Å². The Morgan fingerprint density at radius 3 is 2.50 bits per heavy atom. The van der Waals surface area contributed by atoms with Gasteiger partial charge in [-0.2, -0.15) is 0 Å². The molecule has 0 atom stereocenters. The molecule has 0 bridgehead atoms. The predicted molar refractivity (Wildman–Crippen MR) is 113 cm³/mol. The number of fused-ring (bicyclic) bond motifs is 1. The standard InChI is InChI=1S/C23H19NO3S/c1-2-27-19-12-10-16(11-13-19)14-21-22(25)24(23(26)28-21)15-18-8-5-7-17-6-3-4-9-20(17)18/h3-14H,2,15H2,1H3/b21-14+. The Balaban J connectivity index is 1.57. The van der Waals surface area contributed by atoms with Crippen molar-refractivity contribution in [2.45, 2.75) is 13.5 Å². The summed E-state index contributed by atoms with van der Waals surface area (Å²) in [6, 6.07) is 21.4. The molecule has 4 rings (SSSR count). The third-order valence-corrected chi connectivity index (χ3v) is 5.48. The summed E-state index contributed by atoms with van der Waals surface area (Å²) in [5.41, 5.74) is 1.82. The first kappa shape index (κ1) is 18.3. The van der Waals surface area contributed by atoms with Crippen LogP contribution >= 0.6 is 11.8 Å². The Bertz CT molecular complexity index is 1070. The second kappa shape index (κ2) is 7.90. The Labute approximate surface area is 167 Å². The molecule has 3 aromatic rings. The molecule has 2 amide bonds. The largest absolute Gasteiger partial charge is 0.494 e. The van der Waals surface area contributed by atoms with E-state index in [0.717, 1.165) is 39.4 Å². The lowest BCUT2D eigenvalue weighted by Crippen LogP contribution is -2.27. The average Bonchev–Trinajstić information content (AvgIpc) is 2.97. The Morgan fingerprint density at radius 1 is 0.964 bits per heavy atom. The van der Waals surface area contributed by atoms with Gasteiger partial charge in [0.25, 0.3) is 11.1 Å². The van der Waals surface area contributed by atoms with E-state index in [1.54, 1.807) is 6.08 Å². The second-order valence-electron chi connectivity index (χ2n) is 6.41. The highest BCUT2D eigenvalue weighted by Crippen LogP contribution is 2.34. The number of carbonyl (C=O) groups excluding carboxylic acids is 2. The lowest BCUT2D eigenvalue weighted by atomic mass is 10.0. The molecule has 140 valence electrons. The first-order chi connectivity index (χ1) is 13.7. The van der Waals surface area contributed by atoms with Crippen molar-refractivity contribution in [3.8, 4) is 5.75 Å². The van der Waals surface area contributed by atoms with Gasteiger partial charge in [0.1, 0.15) is 5.75 Å². The number of benzene rings is 3. The number of amides is 2. The molecule has 0 aromatic heterocycles. The van der Waals surface area contributed by atoms with Crippen LogP contribution in [0.15, 0.2) is 71.6 Å². The molecular weight excluding hydrogens is 370 g/mol. The van der Waals surface area contributed by atoms with Gasteiger partial charge in [-0.3, -0.25) is 14.5 Å². The van der Waals surface area contributed by atoms with Crippen molar-refractivity contribution in [2.24, 2.45) is 0 Å². The van der Waals surface area contributed by atoms with E-state index in [1.807, 2.05) is 73.7 Å². The summed E-state index contributed by atoms with van der Waals surface area (Å²) in [4.78, 5) is 27.0. The van der Waals surface area contributed by atoms with Crippen LogP contribution in [0.2, 0.25) is 0 Å². The fraction of sp³-hybridized carbons (Fsp3) is 0.130. The normalized spacial score (nSPS) is 15.6. The number of rotatable bonds is 5. The first-order valence-corrected chi connectivity index (χ1v) is 9.92. The molecule has 0 spiro atoms. The van der Waals surface area contributed by atoms with Crippen LogP contribution in [0.25, 0.3) is 16.8 Å². The monoisotopic (exact) mass is 389 g/mol. The molecule has 0 N–H and O–H groups in total. The third-order valence-electron chi connectivity index (χ3n) is 4.57. The van der Waals surface area contributed by atoms with E-state index in [2.05, 4.69) is 0 Å². The smallest absolute Gasteiger partial charge is 0.293 e. The molecule has 1 aliphatic heterocycles. The van der Waals surface area contributed by atoms with Crippen LogP contribution in [0.4, 0.5) is 4.79 Å². The highest BCUT2D eigenvalue weighted by atomic mass is 32.2. The van der Waals surface area contributed by atoms with Gasteiger partial charge in [-0.05, 0) is 58.8 Å². The predicted octanol–water partition coefficient (Wildman–Crippen LogP) is 5.48. The van der Waals surface area contributed by atoms with E-state index in [9.17, 15) is 9.59 Å². The second-order valence-corrected chi connectivity index (χ2v) is 7.40. The summed E-state index contributed by atoms with van der Waals surface area (Å²) in [5, 5.41) is 1.91. The van der Waals surface area contributed by atoms with Crippen LogP contribution in [-0.2, 0) is 11.3 Å². The SMILES string of the molecule is CCOc1ccc(/C=C2/SC(=O)N(Cc3cccc4ccccc34)C2=O)cc1. The molecule has 1 fully saturated rings. The minimum atomic E-state index is -0.253. The zero-order valence-electron chi connectivity index (χ0n) is 15.4. The third kappa shape index (κ3) is 3.66. The molecule has 1 heterocycles. The number of hydrogen-bond acceptors (Lipinski definition) is 4. The maximum Gasteiger partial charge on any atom is 0.293 e. The van der Waals surface area contributed by atoms with Gasteiger partial charge in [-0.15, -0.1) is 0 Å². The maximum absolute atomic E-state index is 12.8. The van der Waals surface area contributed by atoms with E-state index in [0.29, 0.717) is 11.5 Å². The van der Waals surface area contributed by atoms with Crippen LogP contribution in [0.1, 0.15) is 18.1 Å². The van der Waals surface area contributed by atoms with Gasteiger partial charge in [0.15, 0.2) is 0 Å². The highest BCUT2D eigenvalue weighted by molar-refractivity contribution is 8.18. The van der Waals surface area contributed by atoms with Gasteiger partial charge in [0, 0.05) is 0 Å². The molecule has 0 radical (unpaired) electrons. The summed E-state index contributed by atoms with van der Waals surface area (Å²) < 4.78 is 5.43. The molecule has 1 aliphatic rings. The summed E-state index contributed by atoms with van der Waals surface area (Å²) in [7, 11) is 0.